The Hall–Kier alpha value is -3.53. The van der Waals surface area contributed by atoms with Crippen molar-refractivity contribution >= 4 is 11.6 Å². The maximum atomic E-state index is 12.7. The summed E-state index contributed by atoms with van der Waals surface area (Å²) in [5, 5.41) is 17.8. The zero-order valence-electron chi connectivity index (χ0n) is 20.7. The van der Waals surface area contributed by atoms with Gasteiger partial charge in [-0.25, -0.2) is 4.98 Å². The predicted octanol–water partition coefficient (Wildman–Crippen LogP) is 2.38. The van der Waals surface area contributed by atoms with E-state index in [0.29, 0.717) is 24.4 Å². The Morgan fingerprint density at radius 3 is 2.78 bits per heavy atom. The van der Waals surface area contributed by atoms with Crippen LogP contribution < -0.4 is 5.32 Å². The lowest BCUT2D eigenvalue weighted by Crippen LogP contribution is -2.42. The summed E-state index contributed by atoms with van der Waals surface area (Å²) in [5.41, 5.74) is 5.62. The minimum atomic E-state index is -0.653. The van der Waals surface area contributed by atoms with Gasteiger partial charge in [0.05, 0.1) is 24.9 Å². The molecule has 1 aliphatic heterocycles. The Labute approximate surface area is 210 Å². The van der Waals surface area contributed by atoms with E-state index in [2.05, 4.69) is 38.5 Å². The van der Waals surface area contributed by atoms with Gasteiger partial charge in [-0.2, -0.15) is 5.10 Å². The lowest BCUT2D eigenvalue weighted by atomic mass is 10.00. The van der Waals surface area contributed by atoms with E-state index in [1.807, 2.05) is 52.8 Å². The van der Waals surface area contributed by atoms with Gasteiger partial charge in [0.15, 0.2) is 0 Å². The number of hydrogen-bond donors (Lipinski definition) is 2. The third-order valence-corrected chi connectivity index (χ3v) is 6.67. The quantitative estimate of drug-likeness (QED) is 0.376. The van der Waals surface area contributed by atoms with Crippen LogP contribution >= 0.6 is 0 Å². The molecule has 2 N–H and O–H groups in total. The van der Waals surface area contributed by atoms with Crippen LogP contribution in [0.25, 0.3) is 16.8 Å². The summed E-state index contributed by atoms with van der Waals surface area (Å²) in [7, 11) is 1.68. The molecule has 2 unspecified atom stereocenters. The van der Waals surface area contributed by atoms with E-state index in [1.165, 1.54) is 11.1 Å². The number of ether oxygens (including phenoxy) is 1. The molecular weight excluding hydrogens is 456 g/mol. The van der Waals surface area contributed by atoms with E-state index in [1.54, 1.807) is 13.3 Å². The van der Waals surface area contributed by atoms with Crippen LogP contribution in [0.2, 0.25) is 0 Å². The molecule has 36 heavy (non-hydrogen) atoms. The van der Waals surface area contributed by atoms with Gasteiger partial charge in [-0.05, 0) is 36.6 Å². The fourth-order valence-corrected chi connectivity index (χ4v) is 4.60. The zero-order valence-corrected chi connectivity index (χ0v) is 20.7. The summed E-state index contributed by atoms with van der Waals surface area (Å²) in [6, 6.07) is 12.3. The van der Waals surface area contributed by atoms with Gasteiger partial charge in [-0.15, -0.1) is 0 Å². The smallest absolute Gasteiger partial charge is 0.271 e. The molecule has 9 heteroatoms. The predicted molar refractivity (Wildman–Crippen MR) is 137 cm³/mol. The number of nitrogens with zero attached hydrogens (tertiary/aromatic N) is 5. The average molecular weight is 489 g/mol. The van der Waals surface area contributed by atoms with Crippen molar-refractivity contribution in [3.63, 3.8) is 0 Å². The molecule has 0 saturated carbocycles. The molecule has 1 aromatic carbocycles. The highest BCUT2D eigenvalue weighted by Gasteiger charge is 2.19. The molecule has 0 saturated heterocycles. The largest absolute Gasteiger partial charge is 0.390 e. The van der Waals surface area contributed by atoms with Crippen LogP contribution in [0.4, 0.5) is 0 Å². The van der Waals surface area contributed by atoms with E-state index in [-0.39, 0.29) is 18.6 Å². The summed E-state index contributed by atoms with van der Waals surface area (Å²) in [6.07, 6.45) is 7.83. The molecule has 1 amide bonds. The SMILES string of the molecule is COC(C)Cn1cc(-c2ccc3nc(C(=O)NCC(O)CN4CCc5ccccc5C4)cn3c2)cn1. The number of aliphatic hydroxyl groups is 1. The minimum absolute atomic E-state index is 0.0741. The molecule has 2 atom stereocenters. The molecule has 3 aromatic heterocycles. The van der Waals surface area contributed by atoms with E-state index in [4.69, 9.17) is 4.74 Å². The second kappa shape index (κ2) is 10.6. The molecule has 0 spiro atoms. The van der Waals surface area contributed by atoms with Gasteiger partial charge in [-0.1, -0.05) is 24.3 Å². The molecule has 188 valence electrons. The topological polar surface area (TPSA) is 96.9 Å². The van der Waals surface area contributed by atoms with Crippen LogP contribution in [0.15, 0.2) is 61.2 Å². The number of aliphatic hydroxyl groups excluding tert-OH is 1. The van der Waals surface area contributed by atoms with E-state index in [0.717, 1.165) is 30.6 Å². The lowest BCUT2D eigenvalue weighted by molar-refractivity contribution is 0.0838. The van der Waals surface area contributed by atoms with Gasteiger partial charge in [0, 0.05) is 63.0 Å². The number of rotatable bonds is 9. The summed E-state index contributed by atoms with van der Waals surface area (Å²) >= 11 is 0. The summed E-state index contributed by atoms with van der Waals surface area (Å²) in [5.74, 6) is -0.301. The van der Waals surface area contributed by atoms with E-state index < -0.39 is 6.10 Å². The van der Waals surface area contributed by atoms with Gasteiger partial charge in [0.25, 0.3) is 5.91 Å². The van der Waals surface area contributed by atoms with Crippen molar-refractivity contribution in [2.24, 2.45) is 0 Å². The first-order valence-electron chi connectivity index (χ1n) is 12.3. The standard InChI is InChI=1S/C27H32N6O3/c1-19(36-2)13-33-16-23(11-29-33)22-7-8-26-30-25(18-32(26)15-22)27(35)28-12-24(34)17-31-10-9-20-5-3-4-6-21(20)14-31/h3-8,11,15-16,18-19,24,34H,9-10,12-14,17H2,1-2H3,(H,28,35). The van der Waals surface area contributed by atoms with Crippen molar-refractivity contribution in [2.45, 2.75) is 38.6 Å². The van der Waals surface area contributed by atoms with Crippen LogP contribution in [-0.2, 0) is 24.2 Å². The van der Waals surface area contributed by atoms with Crippen molar-refractivity contribution < 1.29 is 14.6 Å². The maximum Gasteiger partial charge on any atom is 0.271 e. The highest BCUT2D eigenvalue weighted by atomic mass is 16.5. The second-order valence-electron chi connectivity index (χ2n) is 9.42. The molecule has 0 aliphatic carbocycles. The Morgan fingerprint density at radius 1 is 1.11 bits per heavy atom. The Morgan fingerprint density at radius 2 is 1.94 bits per heavy atom. The van der Waals surface area contributed by atoms with Gasteiger partial charge >= 0.3 is 0 Å². The molecule has 0 fully saturated rings. The number of methoxy groups -OCH3 is 1. The number of fused-ring (bicyclic) bond motifs is 2. The number of hydrogen-bond acceptors (Lipinski definition) is 6. The van der Waals surface area contributed by atoms with Crippen LogP contribution in [0.3, 0.4) is 0 Å². The first kappa shape index (κ1) is 24.2. The van der Waals surface area contributed by atoms with Crippen molar-refractivity contribution in [1.29, 1.82) is 0 Å². The van der Waals surface area contributed by atoms with Gasteiger partial charge in [0.1, 0.15) is 11.3 Å². The first-order valence-corrected chi connectivity index (χ1v) is 12.3. The lowest BCUT2D eigenvalue weighted by Gasteiger charge is -2.30. The normalized spacial score (nSPS) is 15.5. The Bertz CT molecular complexity index is 1350. The van der Waals surface area contributed by atoms with Crippen LogP contribution in [-0.4, -0.2) is 74.0 Å². The monoisotopic (exact) mass is 488 g/mol. The Balaban J connectivity index is 1.17. The van der Waals surface area contributed by atoms with Crippen LogP contribution in [0.5, 0.6) is 0 Å². The highest BCUT2D eigenvalue weighted by molar-refractivity contribution is 5.92. The van der Waals surface area contributed by atoms with Crippen molar-refractivity contribution in [2.75, 3.05) is 26.7 Å². The number of nitrogens with one attached hydrogen (secondary N) is 1. The fourth-order valence-electron chi connectivity index (χ4n) is 4.60. The first-order chi connectivity index (χ1) is 17.5. The molecule has 1 aliphatic rings. The number of aromatic nitrogens is 4. The second-order valence-corrected chi connectivity index (χ2v) is 9.42. The van der Waals surface area contributed by atoms with Gasteiger partial charge in [0.2, 0.25) is 0 Å². The number of β-amino-alcohol motifs (C(OH)–C–C–N with tert-alkyl or cyclic N) is 1. The molecule has 0 radical (unpaired) electrons. The van der Waals surface area contributed by atoms with E-state index in [9.17, 15) is 9.90 Å². The highest BCUT2D eigenvalue weighted by Crippen LogP contribution is 2.21. The van der Waals surface area contributed by atoms with E-state index >= 15 is 0 Å². The summed E-state index contributed by atoms with van der Waals surface area (Å²) in [6.45, 7) is 5.08. The molecular formula is C27H32N6O3. The molecule has 4 aromatic rings. The number of imidazole rings is 1. The number of carbonyl (C=O) groups is 1. The molecule has 9 nitrogen and oxygen atoms in total. The van der Waals surface area contributed by atoms with Gasteiger partial charge < -0.3 is 19.6 Å². The van der Waals surface area contributed by atoms with Gasteiger partial charge in [-0.3, -0.25) is 14.4 Å². The van der Waals surface area contributed by atoms with Crippen molar-refractivity contribution in [1.82, 2.24) is 29.4 Å². The molecule has 4 heterocycles. The molecule has 5 rings (SSSR count). The maximum absolute atomic E-state index is 12.7. The fraction of sp³-hybridized carbons (Fsp3) is 0.370. The van der Waals surface area contributed by atoms with Crippen LogP contribution in [0.1, 0.15) is 28.5 Å². The Kier molecular flexibility index (Phi) is 7.13. The summed E-state index contributed by atoms with van der Waals surface area (Å²) < 4.78 is 9.00. The third-order valence-electron chi connectivity index (χ3n) is 6.67. The number of carbonyl (C=O) groups excluding carboxylic acids is 1. The van der Waals surface area contributed by atoms with Crippen LogP contribution in [0, 0.1) is 0 Å². The third kappa shape index (κ3) is 5.48. The van der Waals surface area contributed by atoms with Crippen molar-refractivity contribution in [3.8, 4) is 11.1 Å². The average Bonchev–Trinajstić information content (AvgIpc) is 3.54. The number of amides is 1. The van der Waals surface area contributed by atoms with Crippen molar-refractivity contribution in [3.05, 3.63) is 78.0 Å². The zero-order chi connectivity index (χ0) is 25.1. The summed E-state index contributed by atoms with van der Waals surface area (Å²) in [4.78, 5) is 19.4. The minimum Gasteiger partial charge on any atom is -0.390 e. The number of pyridine rings is 1. The number of benzene rings is 1. The molecule has 0 bridgehead atoms.